The van der Waals surface area contributed by atoms with Gasteiger partial charge in [0.1, 0.15) is 0 Å². The lowest BCUT2D eigenvalue weighted by Gasteiger charge is -2.04. The van der Waals surface area contributed by atoms with Crippen LogP contribution in [0.1, 0.15) is 23.2 Å². The third kappa shape index (κ3) is 5.16. The number of hydrogen-bond donors (Lipinski definition) is 0. The van der Waals surface area contributed by atoms with Gasteiger partial charge in [-0.3, -0.25) is 4.79 Å². The number of benzene rings is 1. The summed E-state index contributed by atoms with van der Waals surface area (Å²) in [5, 5.41) is 0. The van der Waals surface area contributed by atoms with Gasteiger partial charge in [0.25, 0.3) is 0 Å². The maximum absolute atomic E-state index is 11.5. The highest BCUT2D eigenvalue weighted by Crippen LogP contribution is 2.08. The van der Waals surface area contributed by atoms with Crippen molar-refractivity contribution in [3.8, 4) is 0 Å². The molecule has 0 bridgehead atoms. The number of ether oxygens (including phenoxy) is 2. The molecule has 0 heterocycles. The van der Waals surface area contributed by atoms with Gasteiger partial charge in [0.05, 0.1) is 19.3 Å². The molecule has 5 heteroatoms. The quantitative estimate of drug-likeness (QED) is 0.466. The smallest absolute Gasteiger partial charge is 0.338 e. The number of esters is 2. The Balaban J connectivity index is 2.30. The van der Waals surface area contributed by atoms with Crippen molar-refractivity contribution in [1.29, 1.82) is 0 Å². The Kier molecular flexibility index (Phi) is 5.96. The van der Waals surface area contributed by atoms with Crippen LogP contribution < -0.4 is 0 Å². The van der Waals surface area contributed by atoms with Crippen LogP contribution in [0.2, 0.25) is 0 Å². The van der Waals surface area contributed by atoms with E-state index in [2.05, 4.69) is 27.3 Å². The molecule has 4 nitrogen and oxygen atoms in total. The van der Waals surface area contributed by atoms with Crippen LogP contribution in [-0.2, 0) is 14.3 Å². The van der Waals surface area contributed by atoms with Crippen molar-refractivity contribution in [2.75, 3.05) is 13.7 Å². The molecule has 0 atom stereocenters. The first-order valence-corrected chi connectivity index (χ1v) is 6.21. The van der Waals surface area contributed by atoms with Crippen LogP contribution in [0.15, 0.2) is 24.3 Å². The second-order valence-corrected chi connectivity index (χ2v) is 4.57. The molecular weight excluding hydrogens is 335 g/mol. The molecule has 0 aliphatic carbocycles. The summed E-state index contributed by atoms with van der Waals surface area (Å²) in [6.07, 6.45) is 0.735. The fourth-order valence-electron chi connectivity index (χ4n) is 1.15. The Morgan fingerprint density at radius 2 is 1.88 bits per heavy atom. The van der Waals surface area contributed by atoms with E-state index in [1.807, 2.05) is 12.1 Å². The number of methoxy groups -OCH3 is 1. The van der Waals surface area contributed by atoms with Crippen molar-refractivity contribution >= 4 is 34.5 Å². The molecule has 0 radical (unpaired) electrons. The van der Waals surface area contributed by atoms with Crippen molar-refractivity contribution in [1.82, 2.24) is 0 Å². The molecule has 1 aromatic carbocycles. The summed E-state index contributed by atoms with van der Waals surface area (Å²) in [6.45, 7) is 0.222. The molecule has 0 aliphatic rings. The topological polar surface area (TPSA) is 52.6 Å². The molecule has 17 heavy (non-hydrogen) atoms. The fourth-order valence-corrected chi connectivity index (χ4v) is 1.51. The lowest BCUT2D eigenvalue weighted by molar-refractivity contribution is -0.140. The van der Waals surface area contributed by atoms with Gasteiger partial charge in [-0.15, -0.1) is 0 Å². The van der Waals surface area contributed by atoms with Gasteiger partial charge in [-0.2, -0.15) is 0 Å². The molecule has 0 fully saturated rings. The Morgan fingerprint density at radius 1 is 1.24 bits per heavy atom. The van der Waals surface area contributed by atoms with Crippen LogP contribution in [0.4, 0.5) is 0 Å². The van der Waals surface area contributed by atoms with Crippen LogP contribution >= 0.6 is 22.6 Å². The van der Waals surface area contributed by atoms with E-state index in [1.165, 1.54) is 7.11 Å². The Morgan fingerprint density at radius 3 is 2.47 bits per heavy atom. The molecule has 92 valence electrons. The lowest BCUT2D eigenvalue weighted by Crippen LogP contribution is -2.08. The third-order valence-corrected chi connectivity index (χ3v) is 2.79. The van der Waals surface area contributed by atoms with Gasteiger partial charge in [-0.25, -0.2) is 4.79 Å². The highest BCUT2D eigenvalue weighted by Gasteiger charge is 2.07. The van der Waals surface area contributed by atoms with E-state index in [9.17, 15) is 9.59 Å². The van der Waals surface area contributed by atoms with E-state index in [0.29, 0.717) is 12.0 Å². The highest BCUT2D eigenvalue weighted by atomic mass is 127. The van der Waals surface area contributed by atoms with E-state index in [4.69, 9.17) is 4.74 Å². The minimum atomic E-state index is -0.369. The van der Waals surface area contributed by atoms with Gasteiger partial charge in [0.2, 0.25) is 0 Å². The Labute approximate surface area is 113 Å². The van der Waals surface area contributed by atoms with Gasteiger partial charge in [0.15, 0.2) is 0 Å². The molecule has 0 amide bonds. The van der Waals surface area contributed by atoms with Crippen molar-refractivity contribution in [2.24, 2.45) is 0 Å². The van der Waals surface area contributed by atoms with E-state index in [0.717, 1.165) is 3.57 Å². The summed E-state index contributed by atoms with van der Waals surface area (Å²) in [4.78, 5) is 22.3. The van der Waals surface area contributed by atoms with Crippen molar-refractivity contribution in [3.05, 3.63) is 33.4 Å². The van der Waals surface area contributed by atoms with Gasteiger partial charge in [0, 0.05) is 9.99 Å². The van der Waals surface area contributed by atoms with Crippen LogP contribution in [-0.4, -0.2) is 25.7 Å². The summed E-state index contributed by atoms with van der Waals surface area (Å²) < 4.78 is 10.5. The maximum atomic E-state index is 11.5. The third-order valence-electron chi connectivity index (χ3n) is 2.07. The Hall–Kier alpha value is -1.11. The molecule has 1 rings (SSSR count). The first-order chi connectivity index (χ1) is 8.13. The molecule has 0 aliphatic heterocycles. The van der Waals surface area contributed by atoms with Crippen molar-refractivity contribution < 1.29 is 19.1 Å². The number of carbonyl (C=O) groups excluding carboxylic acids is 2. The molecule has 0 saturated heterocycles. The lowest BCUT2D eigenvalue weighted by atomic mass is 10.2. The monoisotopic (exact) mass is 348 g/mol. The minimum absolute atomic E-state index is 0.222. The molecule has 0 unspecified atom stereocenters. The zero-order valence-corrected chi connectivity index (χ0v) is 11.6. The second kappa shape index (κ2) is 7.26. The summed E-state index contributed by atoms with van der Waals surface area (Å²) in [6, 6.07) is 7.10. The zero-order valence-electron chi connectivity index (χ0n) is 9.44. The van der Waals surface area contributed by atoms with Crippen molar-refractivity contribution in [2.45, 2.75) is 12.8 Å². The van der Waals surface area contributed by atoms with E-state index in [-0.39, 0.29) is 25.0 Å². The molecule has 0 N–H and O–H groups in total. The van der Waals surface area contributed by atoms with E-state index in [1.54, 1.807) is 12.1 Å². The molecule has 0 saturated carbocycles. The average molecular weight is 348 g/mol. The molecule has 0 spiro atoms. The number of halogens is 1. The maximum Gasteiger partial charge on any atom is 0.338 e. The van der Waals surface area contributed by atoms with E-state index < -0.39 is 0 Å². The standard InChI is InChI=1S/C12H13IO4/c1-16-11(14)3-2-8-17-12(15)9-4-6-10(13)7-5-9/h4-7H,2-3,8H2,1H3. The largest absolute Gasteiger partial charge is 0.469 e. The highest BCUT2D eigenvalue weighted by molar-refractivity contribution is 14.1. The number of carbonyl (C=O) groups is 2. The zero-order chi connectivity index (χ0) is 12.7. The van der Waals surface area contributed by atoms with Crippen LogP contribution in [0.3, 0.4) is 0 Å². The van der Waals surface area contributed by atoms with Gasteiger partial charge in [-0.05, 0) is 53.3 Å². The summed E-state index contributed by atoms with van der Waals surface area (Å²) in [5.74, 6) is -0.665. The normalized spacial score (nSPS) is 9.76. The van der Waals surface area contributed by atoms with Crippen LogP contribution in [0.25, 0.3) is 0 Å². The summed E-state index contributed by atoms with van der Waals surface area (Å²) >= 11 is 2.16. The predicted molar refractivity (Wildman–Crippen MR) is 70.7 cm³/mol. The average Bonchev–Trinajstić information content (AvgIpc) is 2.34. The SMILES string of the molecule is COC(=O)CCCOC(=O)c1ccc(I)cc1. The summed E-state index contributed by atoms with van der Waals surface area (Å²) in [5.41, 5.74) is 0.517. The van der Waals surface area contributed by atoms with Gasteiger partial charge in [-0.1, -0.05) is 0 Å². The molecule has 1 aromatic rings. The fraction of sp³-hybridized carbons (Fsp3) is 0.333. The molecular formula is C12H13IO4. The minimum Gasteiger partial charge on any atom is -0.469 e. The predicted octanol–water partition coefficient (Wildman–Crippen LogP) is 2.40. The number of rotatable bonds is 5. The first kappa shape index (κ1) is 14.0. The first-order valence-electron chi connectivity index (χ1n) is 5.13. The number of hydrogen-bond acceptors (Lipinski definition) is 4. The second-order valence-electron chi connectivity index (χ2n) is 3.32. The van der Waals surface area contributed by atoms with Gasteiger partial charge >= 0.3 is 11.9 Å². The van der Waals surface area contributed by atoms with Crippen LogP contribution in [0, 0.1) is 3.57 Å². The van der Waals surface area contributed by atoms with E-state index >= 15 is 0 Å². The molecule has 0 aromatic heterocycles. The van der Waals surface area contributed by atoms with Gasteiger partial charge < -0.3 is 9.47 Å². The Bertz CT molecular complexity index is 386. The summed E-state index contributed by atoms with van der Waals surface area (Å²) in [7, 11) is 1.33. The van der Waals surface area contributed by atoms with Crippen LogP contribution in [0.5, 0.6) is 0 Å². The van der Waals surface area contributed by atoms with Crippen molar-refractivity contribution in [3.63, 3.8) is 0 Å².